The lowest BCUT2D eigenvalue weighted by Gasteiger charge is -2.31. The Morgan fingerprint density at radius 1 is 0.672 bits per heavy atom. The first kappa shape index (κ1) is 44.4. The van der Waals surface area contributed by atoms with Gasteiger partial charge >= 0.3 is 6.09 Å². The molecule has 2 aliphatic rings. The summed E-state index contributed by atoms with van der Waals surface area (Å²) in [7, 11) is 0. The maximum absolute atomic E-state index is 14.7. The van der Waals surface area contributed by atoms with Crippen LogP contribution >= 0.6 is 0 Å². The third-order valence-corrected chi connectivity index (χ3v) is 11.2. The largest absolute Gasteiger partial charge is 0.444 e. The van der Waals surface area contributed by atoms with Gasteiger partial charge in [0.25, 0.3) is 0 Å². The van der Waals surface area contributed by atoms with Crippen LogP contribution in [0.5, 0.6) is 0 Å². The molecule has 2 aliphatic heterocycles. The van der Waals surface area contributed by atoms with Gasteiger partial charge in [0, 0.05) is 85.3 Å². The zero-order valence-electron chi connectivity index (χ0n) is 37.5. The number of rotatable bonds is 8. The number of carbonyl (C=O) groups excluding carboxylic acids is 1. The van der Waals surface area contributed by atoms with Crippen molar-refractivity contribution in [1.29, 1.82) is 0 Å². The third kappa shape index (κ3) is 11.3. The van der Waals surface area contributed by atoms with Gasteiger partial charge in [-0.25, -0.2) is 42.9 Å². The Morgan fingerprint density at radius 3 is 1.61 bits per heavy atom. The Kier molecular flexibility index (Phi) is 13.1. The second-order valence-corrected chi connectivity index (χ2v) is 17.3. The number of likely N-dealkylation sites (tertiary alicyclic amines) is 1. The SMILES string of the molecule is CC(C)(C)OC(=O)N1CCC(=Cc2ccc3cnc(Nc4ccc(-n5cccn5)cc4F)cc3n2)CC1.Fc1cc(-n2cccn2)ccc1Nc1cc2nc(C=C3CCNCC3)ccc2cn1. The second-order valence-electron chi connectivity index (χ2n) is 17.3. The van der Waals surface area contributed by atoms with Crippen molar-refractivity contribution in [2.24, 2.45) is 0 Å². The molecule has 16 heteroatoms. The first-order valence-electron chi connectivity index (χ1n) is 22.2. The van der Waals surface area contributed by atoms with Gasteiger partial charge in [-0.2, -0.15) is 10.2 Å². The summed E-state index contributed by atoms with van der Waals surface area (Å²) in [5.41, 5.74) is 7.46. The summed E-state index contributed by atoms with van der Waals surface area (Å²) in [6, 6.07) is 25.0. The number of nitrogens with zero attached hydrogens (tertiary/aromatic N) is 9. The number of anilines is 4. The van der Waals surface area contributed by atoms with Gasteiger partial charge < -0.3 is 25.6 Å². The number of carbonyl (C=O) groups is 1. The minimum atomic E-state index is -0.500. The highest BCUT2D eigenvalue weighted by Crippen LogP contribution is 2.27. The van der Waals surface area contributed by atoms with Crippen molar-refractivity contribution < 1.29 is 18.3 Å². The molecule has 67 heavy (non-hydrogen) atoms. The molecule has 8 heterocycles. The lowest BCUT2D eigenvalue weighted by Crippen LogP contribution is -2.40. The first-order valence-corrected chi connectivity index (χ1v) is 22.2. The monoisotopic (exact) mass is 900 g/mol. The van der Waals surface area contributed by atoms with Crippen LogP contribution < -0.4 is 16.0 Å². The molecule has 0 saturated carbocycles. The third-order valence-electron chi connectivity index (χ3n) is 11.2. The minimum absolute atomic E-state index is 0.268. The van der Waals surface area contributed by atoms with Crippen LogP contribution in [0.2, 0.25) is 0 Å². The molecule has 3 N–H and O–H groups in total. The number of hydrogen-bond donors (Lipinski definition) is 3. The van der Waals surface area contributed by atoms with Crippen molar-refractivity contribution >= 4 is 63.1 Å². The number of ether oxygens (including phenoxy) is 1. The Balaban J connectivity index is 0.000000171. The van der Waals surface area contributed by atoms with E-state index in [0.717, 1.165) is 72.0 Å². The fraction of sp³-hybridized carbons (Fsp3) is 0.235. The van der Waals surface area contributed by atoms with Crippen LogP contribution in [0.1, 0.15) is 57.8 Å². The lowest BCUT2D eigenvalue weighted by molar-refractivity contribution is 0.0237. The van der Waals surface area contributed by atoms with Crippen LogP contribution in [0.15, 0.2) is 133 Å². The summed E-state index contributed by atoms with van der Waals surface area (Å²) >= 11 is 0. The number of benzene rings is 2. The van der Waals surface area contributed by atoms with Crippen LogP contribution in [0.4, 0.5) is 36.6 Å². The summed E-state index contributed by atoms with van der Waals surface area (Å²) < 4.78 is 38.0. The van der Waals surface area contributed by atoms with E-state index in [0.29, 0.717) is 47.5 Å². The number of hydrogen-bond acceptors (Lipinski definition) is 11. The number of fused-ring (bicyclic) bond motifs is 2. The van der Waals surface area contributed by atoms with Gasteiger partial charge in [-0.1, -0.05) is 11.1 Å². The Morgan fingerprint density at radius 2 is 1.16 bits per heavy atom. The van der Waals surface area contributed by atoms with E-state index in [2.05, 4.69) is 48.3 Å². The highest BCUT2D eigenvalue weighted by molar-refractivity contribution is 5.83. The van der Waals surface area contributed by atoms with Crippen molar-refractivity contribution in [2.45, 2.75) is 52.1 Å². The summed E-state index contributed by atoms with van der Waals surface area (Å²) in [4.78, 5) is 32.4. The van der Waals surface area contributed by atoms with Crippen LogP contribution in [0.25, 0.3) is 45.3 Å². The van der Waals surface area contributed by atoms with E-state index in [1.165, 1.54) is 23.3 Å². The van der Waals surface area contributed by atoms with Gasteiger partial charge in [0.05, 0.1) is 45.2 Å². The van der Waals surface area contributed by atoms with Gasteiger partial charge in [-0.15, -0.1) is 0 Å². The number of amides is 1. The lowest BCUT2D eigenvalue weighted by atomic mass is 10.0. The number of aromatic nitrogens is 8. The van der Waals surface area contributed by atoms with Crippen LogP contribution in [-0.2, 0) is 4.74 Å². The molecule has 340 valence electrons. The van der Waals surface area contributed by atoms with E-state index in [4.69, 9.17) is 14.7 Å². The zero-order valence-corrected chi connectivity index (χ0v) is 37.5. The fourth-order valence-corrected chi connectivity index (χ4v) is 7.73. The summed E-state index contributed by atoms with van der Waals surface area (Å²) in [5, 5.41) is 19.6. The van der Waals surface area contributed by atoms with Crippen LogP contribution in [0, 0.1) is 11.6 Å². The quantitative estimate of drug-likeness (QED) is 0.134. The van der Waals surface area contributed by atoms with E-state index in [1.54, 1.807) is 87.8 Å². The van der Waals surface area contributed by atoms with E-state index >= 15 is 0 Å². The summed E-state index contributed by atoms with van der Waals surface area (Å²) in [6.45, 7) is 8.89. The number of nitrogens with one attached hydrogen (secondary N) is 3. The van der Waals surface area contributed by atoms with Gasteiger partial charge in [0.15, 0.2) is 0 Å². The van der Waals surface area contributed by atoms with Gasteiger partial charge in [0.2, 0.25) is 0 Å². The maximum Gasteiger partial charge on any atom is 0.410 e. The molecule has 8 aromatic rings. The molecule has 0 unspecified atom stereocenters. The molecule has 2 saturated heterocycles. The van der Waals surface area contributed by atoms with E-state index in [1.807, 2.05) is 57.2 Å². The molecule has 0 spiro atoms. The van der Waals surface area contributed by atoms with E-state index < -0.39 is 11.4 Å². The van der Waals surface area contributed by atoms with Crippen molar-refractivity contribution in [3.05, 3.63) is 156 Å². The van der Waals surface area contributed by atoms with Crippen molar-refractivity contribution in [1.82, 2.24) is 49.7 Å². The maximum atomic E-state index is 14.7. The molecule has 1 amide bonds. The van der Waals surface area contributed by atoms with Gasteiger partial charge in [-0.3, -0.25) is 0 Å². The van der Waals surface area contributed by atoms with Crippen molar-refractivity contribution in [3.8, 4) is 11.4 Å². The molecule has 6 aromatic heterocycles. The average molecular weight is 901 g/mol. The minimum Gasteiger partial charge on any atom is -0.444 e. The normalized spacial score (nSPS) is 14.1. The van der Waals surface area contributed by atoms with Crippen LogP contribution in [0.3, 0.4) is 0 Å². The Labute approximate surface area is 386 Å². The summed E-state index contributed by atoms with van der Waals surface area (Å²) in [6.07, 6.45) is 17.9. The summed E-state index contributed by atoms with van der Waals surface area (Å²) in [5.74, 6) is 0.273. The smallest absolute Gasteiger partial charge is 0.410 e. The highest BCUT2D eigenvalue weighted by atomic mass is 19.1. The van der Waals surface area contributed by atoms with Crippen molar-refractivity contribution in [2.75, 3.05) is 36.8 Å². The molecule has 2 aromatic carbocycles. The highest BCUT2D eigenvalue weighted by Gasteiger charge is 2.25. The van der Waals surface area contributed by atoms with Crippen LogP contribution in [-0.4, -0.2) is 82.3 Å². The molecular formula is C51H50F2N12O2. The van der Waals surface area contributed by atoms with Crippen molar-refractivity contribution in [3.63, 3.8) is 0 Å². The average Bonchev–Trinajstić information content (AvgIpc) is 4.07. The number of halogens is 2. The number of piperidine rings is 2. The van der Waals surface area contributed by atoms with E-state index in [9.17, 15) is 13.6 Å². The van der Waals surface area contributed by atoms with E-state index in [-0.39, 0.29) is 11.9 Å². The molecule has 10 rings (SSSR count). The van der Waals surface area contributed by atoms with Gasteiger partial charge in [-0.05, 0) is 132 Å². The van der Waals surface area contributed by atoms with Gasteiger partial charge in [0.1, 0.15) is 28.9 Å². The molecule has 0 bridgehead atoms. The fourth-order valence-electron chi connectivity index (χ4n) is 7.73. The molecule has 0 atom stereocenters. The Hall–Kier alpha value is -7.85. The topological polar surface area (TPSA) is 153 Å². The molecule has 0 aliphatic carbocycles. The predicted molar refractivity (Wildman–Crippen MR) is 258 cm³/mol. The molecular weight excluding hydrogens is 851 g/mol. The second kappa shape index (κ2) is 19.7. The zero-order chi connectivity index (χ0) is 46.3. The first-order chi connectivity index (χ1) is 32.5. The molecule has 0 radical (unpaired) electrons. The molecule has 14 nitrogen and oxygen atoms in total. The number of pyridine rings is 4. The molecule has 2 fully saturated rings. The Bertz CT molecular complexity index is 3070. The predicted octanol–water partition coefficient (Wildman–Crippen LogP) is 10.6. The standard InChI is InChI=1S/C28H29FN6O2.C23H21FN6/c1-28(2,3)37-27(36)34-13-9-19(10-14-34)15-21-6-5-20-18-30-26(17-25(20)32-21)33-24-8-7-22(16-23(24)29)35-12-4-11-31-35;24-20-13-19(30-11-1-8-27-30)4-5-21(20)29-23-14-22-17(15-26-23)2-3-18(28-22)12-16-6-9-25-10-7-16/h4-8,11-12,15-18H,9-10,13-14H2,1-3H3,(H,30,33);1-5,8,11-15,25H,6-7,9-10H2,(H,26,29).